The summed E-state index contributed by atoms with van der Waals surface area (Å²) in [7, 11) is -2.48. The van der Waals surface area contributed by atoms with Gasteiger partial charge in [0.25, 0.3) is 10.0 Å². The first-order valence-corrected chi connectivity index (χ1v) is 10.7. The molecule has 0 aliphatic heterocycles. The highest BCUT2D eigenvalue weighted by Gasteiger charge is 2.22. The second kappa shape index (κ2) is 7.68. The van der Waals surface area contributed by atoms with Crippen LogP contribution in [0.25, 0.3) is 10.9 Å². The van der Waals surface area contributed by atoms with Crippen molar-refractivity contribution in [2.24, 2.45) is 0 Å². The minimum Gasteiger partial charge on any atom is -0.465 e. The Hall–Kier alpha value is -3.58. The third-order valence-electron chi connectivity index (χ3n) is 4.86. The lowest BCUT2D eigenvalue weighted by Crippen LogP contribution is -2.11. The summed E-state index contributed by atoms with van der Waals surface area (Å²) < 4.78 is 32.7. The lowest BCUT2D eigenvalue weighted by Gasteiger charge is -2.10. The Morgan fingerprint density at radius 1 is 0.900 bits per heavy atom. The lowest BCUT2D eigenvalue weighted by atomic mass is 10.1. The van der Waals surface area contributed by atoms with E-state index in [1.807, 2.05) is 19.1 Å². The molecule has 0 unspecified atom stereocenters. The lowest BCUT2D eigenvalue weighted by molar-refractivity contribution is 0.0602. The summed E-state index contributed by atoms with van der Waals surface area (Å²) in [6.45, 7) is 1.90. The van der Waals surface area contributed by atoms with E-state index in [0.29, 0.717) is 27.8 Å². The predicted molar refractivity (Wildman–Crippen MR) is 117 cm³/mol. The molecule has 7 heteroatoms. The minimum atomic E-state index is -3.80. The second-order valence-electron chi connectivity index (χ2n) is 6.84. The van der Waals surface area contributed by atoms with E-state index in [2.05, 4.69) is 5.32 Å². The van der Waals surface area contributed by atoms with Gasteiger partial charge >= 0.3 is 5.97 Å². The minimum absolute atomic E-state index is 0.204. The summed E-state index contributed by atoms with van der Waals surface area (Å²) in [5.41, 5.74) is 2.97. The van der Waals surface area contributed by atoms with E-state index in [1.165, 1.54) is 17.3 Å². The van der Waals surface area contributed by atoms with E-state index >= 15 is 0 Å². The fourth-order valence-corrected chi connectivity index (χ4v) is 4.67. The molecule has 0 atom stereocenters. The van der Waals surface area contributed by atoms with Crippen LogP contribution in [0.4, 0.5) is 11.4 Å². The molecule has 1 heterocycles. The first-order chi connectivity index (χ1) is 14.4. The van der Waals surface area contributed by atoms with Gasteiger partial charge in [0.15, 0.2) is 0 Å². The Kier molecular flexibility index (Phi) is 5.05. The Bertz CT molecular complexity index is 1340. The molecule has 0 aliphatic carbocycles. The molecule has 4 rings (SSSR count). The molecule has 6 nitrogen and oxygen atoms in total. The van der Waals surface area contributed by atoms with Gasteiger partial charge in [0.2, 0.25) is 0 Å². The van der Waals surface area contributed by atoms with E-state index in [1.54, 1.807) is 60.7 Å². The van der Waals surface area contributed by atoms with Crippen molar-refractivity contribution >= 4 is 38.3 Å². The van der Waals surface area contributed by atoms with Crippen molar-refractivity contribution < 1.29 is 17.9 Å². The Morgan fingerprint density at radius 3 is 2.30 bits per heavy atom. The highest BCUT2D eigenvalue weighted by molar-refractivity contribution is 7.90. The number of nitrogens with zero attached hydrogens (tertiary/aromatic N) is 1. The van der Waals surface area contributed by atoms with Crippen molar-refractivity contribution in [3.63, 3.8) is 0 Å². The van der Waals surface area contributed by atoms with Crippen molar-refractivity contribution in [2.75, 3.05) is 12.4 Å². The molecule has 0 aliphatic rings. The van der Waals surface area contributed by atoms with Crippen LogP contribution in [-0.2, 0) is 14.8 Å². The van der Waals surface area contributed by atoms with E-state index in [4.69, 9.17) is 4.74 Å². The molecular weight excluding hydrogens is 400 g/mol. The Labute approximate surface area is 174 Å². The molecule has 152 valence electrons. The van der Waals surface area contributed by atoms with Gasteiger partial charge in [-0.25, -0.2) is 17.2 Å². The topological polar surface area (TPSA) is 77.4 Å². The molecule has 0 fully saturated rings. The number of aromatic nitrogens is 1. The summed E-state index contributed by atoms with van der Waals surface area (Å²) in [6, 6.07) is 20.9. The first kappa shape index (κ1) is 19.7. The van der Waals surface area contributed by atoms with Crippen LogP contribution in [0.15, 0.2) is 83.9 Å². The van der Waals surface area contributed by atoms with Crippen molar-refractivity contribution in [3.8, 4) is 0 Å². The molecule has 30 heavy (non-hydrogen) atoms. The van der Waals surface area contributed by atoms with E-state index < -0.39 is 16.0 Å². The highest BCUT2D eigenvalue weighted by Crippen LogP contribution is 2.32. The molecule has 0 saturated carbocycles. The molecule has 0 amide bonds. The van der Waals surface area contributed by atoms with Crippen LogP contribution in [0.5, 0.6) is 0 Å². The van der Waals surface area contributed by atoms with Gasteiger partial charge < -0.3 is 10.1 Å². The zero-order valence-electron chi connectivity index (χ0n) is 16.5. The van der Waals surface area contributed by atoms with Gasteiger partial charge in [0, 0.05) is 11.6 Å². The molecule has 1 aromatic heterocycles. The molecule has 1 N–H and O–H groups in total. The van der Waals surface area contributed by atoms with Gasteiger partial charge in [-0.3, -0.25) is 0 Å². The summed E-state index contributed by atoms with van der Waals surface area (Å²) in [5.74, 6) is -0.478. The third kappa shape index (κ3) is 3.44. The van der Waals surface area contributed by atoms with Gasteiger partial charge in [0.05, 0.1) is 34.5 Å². The molecule has 4 aromatic rings. The van der Waals surface area contributed by atoms with E-state index in [-0.39, 0.29) is 4.90 Å². The zero-order valence-corrected chi connectivity index (χ0v) is 17.3. The van der Waals surface area contributed by atoms with Crippen LogP contribution in [0.3, 0.4) is 0 Å². The average Bonchev–Trinajstić information content (AvgIpc) is 3.13. The maximum atomic E-state index is 13.3. The van der Waals surface area contributed by atoms with Crippen molar-refractivity contribution in [1.29, 1.82) is 0 Å². The monoisotopic (exact) mass is 420 g/mol. The number of methoxy groups -OCH3 is 1. The maximum Gasteiger partial charge on any atom is 0.339 e. The van der Waals surface area contributed by atoms with Crippen LogP contribution >= 0.6 is 0 Å². The number of anilines is 2. The molecule has 0 saturated heterocycles. The highest BCUT2D eigenvalue weighted by atomic mass is 32.2. The van der Waals surface area contributed by atoms with Crippen LogP contribution in [-0.4, -0.2) is 25.5 Å². The number of benzene rings is 3. The van der Waals surface area contributed by atoms with Crippen LogP contribution < -0.4 is 5.32 Å². The number of ether oxygens (including phenoxy) is 1. The number of para-hydroxylation sites is 2. The molecule has 0 radical (unpaired) electrons. The molecule has 3 aromatic carbocycles. The number of fused-ring (bicyclic) bond motifs is 1. The normalized spacial score (nSPS) is 11.4. The number of hydrogen-bond acceptors (Lipinski definition) is 5. The third-order valence-corrected chi connectivity index (χ3v) is 6.55. The predicted octanol–water partition coefficient (Wildman–Crippen LogP) is 4.72. The number of esters is 1. The van der Waals surface area contributed by atoms with Crippen molar-refractivity contribution in [1.82, 2.24) is 3.97 Å². The number of rotatable bonds is 5. The smallest absolute Gasteiger partial charge is 0.339 e. The fourth-order valence-electron chi connectivity index (χ4n) is 3.30. The number of hydrogen-bond donors (Lipinski definition) is 1. The van der Waals surface area contributed by atoms with Gasteiger partial charge in [-0.1, -0.05) is 48.0 Å². The van der Waals surface area contributed by atoms with E-state index in [9.17, 15) is 13.2 Å². The largest absolute Gasteiger partial charge is 0.465 e. The fraction of sp³-hybridized carbons (Fsp3) is 0.0870. The summed E-state index contributed by atoms with van der Waals surface area (Å²) in [6.07, 6.45) is 1.54. The van der Waals surface area contributed by atoms with Crippen molar-refractivity contribution in [2.45, 2.75) is 11.8 Å². The van der Waals surface area contributed by atoms with Gasteiger partial charge in [0.1, 0.15) is 0 Å². The average molecular weight is 420 g/mol. The zero-order chi connectivity index (χ0) is 21.3. The molecule has 0 spiro atoms. The maximum absolute atomic E-state index is 13.3. The standard InChI is InChI=1S/C23H20N2O4S/c1-16-11-13-17(14-12-16)30(27,28)25-15-21(18-7-4-6-10-22(18)25)24-20-9-5-3-8-19(20)23(26)29-2/h3-15,24H,1-2H3. The molecular formula is C23H20N2O4S. The second-order valence-corrected chi connectivity index (χ2v) is 8.65. The Balaban J connectivity index is 1.85. The first-order valence-electron chi connectivity index (χ1n) is 9.28. The number of carbonyl (C=O) groups excluding carboxylic acids is 1. The van der Waals surface area contributed by atoms with Crippen LogP contribution in [0, 0.1) is 6.92 Å². The number of carbonyl (C=O) groups is 1. The summed E-state index contributed by atoms with van der Waals surface area (Å²) in [5, 5.41) is 3.91. The van der Waals surface area contributed by atoms with Crippen LogP contribution in [0.2, 0.25) is 0 Å². The van der Waals surface area contributed by atoms with Gasteiger partial charge in [-0.2, -0.15) is 0 Å². The SMILES string of the molecule is COC(=O)c1ccccc1Nc1cn(S(=O)(=O)c2ccc(C)cc2)c2ccccc12. The van der Waals surface area contributed by atoms with Crippen molar-refractivity contribution in [3.05, 3.63) is 90.1 Å². The molecule has 0 bridgehead atoms. The summed E-state index contributed by atoms with van der Waals surface area (Å²) >= 11 is 0. The van der Waals surface area contributed by atoms with Gasteiger partial charge in [-0.05, 0) is 37.3 Å². The van der Waals surface area contributed by atoms with Gasteiger partial charge in [-0.15, -0.1) is 0 Å². The quantitative estimate of drug-likeness (QED) is 0.473. The Morgan fingerprint density at radius 2 is 1.57 bits per heavy atom. The summed E-state index contributed by atoms with van der Waals surface area (Å²) in [4.78, 5) is 12.3. The van der Waals surface area contributed by atoms with Crippen LogP contribution in [0.1, 0.15) is 15.9 Å². The number of aryl methyl sites for hydroxylation is 1. The van der Waals surface area contributed by atoms with E-state index in [0.717, 1.165) is 5.56 Å². The number of nitrogens with one attached hydrogen (secondary N) is 1.